The minimum atomic E-state index is 0.397. The van der Waals surface area contributed by atoms with Crippen LogP contribution in [0.1, 0.15) is 22.6 Å². The van der Waals surface area contributed by atoms with Gasteiger partial charge in [-0.25, -0.2) is 0 Å². The van der Waals surface area contributed by atoms with Crippen molar-refractivity contribution in [3.05, 3.63) is 89.3 Å². The number of hydrogen-bond donors (Lipinski definition) is 1. The van der Waals surface area contributed by atoms with Crippen LogP contribution in [0.2, 0.25) is 0 Å². The quantitative estimate of drug-likeness (QED) is 0.409. The summed E-state index contributed by atoms with van der Waals surface area (Å²) in [5, 5.41) is 4.08. The van der Waals surface area contributed by atoms with Gasteiger partial charge < -0.3 is 19.7 Å². The zero-order valence-electron chi connectivity index (χ0n) is 17.4. The van der Waals surface area contributed by atoms with Crippen LogP contribution >= 0.6 is 0 Å². The van der Waals surface area contributed by atoms with Crippen molar-refractivity contribution in [1.82, 2.24) is 10.1 Å². The fourth-order valence-corrected chi connectivity index (χ4v) is 3.17. The number of aromatic nitrogens is 2. The second kappa shape index (κ2) is 9.17. The Hall–Kier alpha value is -4.06. The molecule has 3 aromatic carbocycles. The van der Waals surface area contributed by atoms with E-state index in [0.29, 0.717) is 24.0 Å². The smallest absolute Gasteiger partial charge is 0.250 e. The Morgan fingerprint density at radius 2 is 1.84 bits per heavy atom. The van der Waals surface area contributed by atoms with Gasteiger partial charge in [0.25, 0.3) is 5.89 Å². The molecule has 0 radical (unpaired) electrons. The van der Waals surface area contributed by atoms with E-state index in [2.05, 4.69) is 10.1 Å². The maximum absolute atomic E-state index is 5.98. The van der Waals surface area contributed by atoms with E-state index in [-0.39, 0.29) is 0 Å². The molecule has 0 spiro atoms. The number of methoxy groups -OCH3 is 1. The first kappa shape index (κ1) is 20.2. The highest BCUT2D eigenvalue weighted by atomic mass is 16.5. The van der Waals surface area contributed by atoms with Gasteiger partial charge in [-0.05, 0) is 54.5 Å². The van der Waals surface area contributed by atoms with Crippen LogP contribution in [0.5, 0.6) is 11.5 Å². The van der Waals surface area contributed by atoms with Crippen LogP contribution in [0.25, 0.3) is 23.5 Å². The Bertz CT molecular complexity index is 1200. The first-order valence-corrected chi connectivity index (χ1v) is 9.86. The Morgan fingerprint density at radius 1 is 1.00 bits per heavy atom. The highest BCUT2D eigenvalue weighted by Gasteiger charge is 2.11. The molecule has 4 aromatic rings. The maximum atomic E-state index is 5.98. The minimum absolute atomic E-state index is 0.397. The Kier molecular flexibility index (Phi) is 5.98. The lowest BCUT2D eigenvalue weighted by Crippen LogP contribution is -1.99. The van der Waals surface area contributed by atoms with Crippen LogP contribution in [-0.2, 0) is 6.61 Å². The standard InChI is InChI=1S/C25H23N3O3/c1-17-21(9-6-10-22(17)26)25-27-24(31-28-25)14-12-18-11-13-23(29-2)19(15-18)16-30-20-7-4-3-5-8-20/h3-15H,16,26H2,1-2H3/b14-12-. The summed E-state index contributed by atoms with van der Waals surface area (Å²) in [7, 11) is 1.65. The predicted molar refractivity (Wildman–Crippen MR) is 122 cm³/mol. The number of nitrogens with zero attached hydrogens (tertiary/aromatic N) is 2. The zero-order valence-corrected chi connectivity index (χ0v) is 17.4. The second-order valence-corrected chi connectivity index (χ2v) is 6.98. The zero-order chi connectivity index (χ0) is 21.6. The summed E-state index contributed by atoms with van der Waals surface area (Å²) < 4.78 is 16.7. The van der Waals surface area contributed by atoms with Crippen LogP contribution in [0.15, 0.2) is 71.3 Å². The third-order valence-electron chi connectivity index (χ3n) is 4.92. The van der Waals surface area contributed by atoms with Gasteiger partial charge in [0, 0.05) is 22.9 Å². The first-order chi connectivity index (χ1) is 15.1. The number of para-hydroxylation sites is 1. The van der Waals surface area contributed by atoms with E-state index in [9.17, 15) is 0 Å². The molecule has 0 unspecified atom stereocenters. The van der Waals surface area contributed by atoms with Crippen molar-refractivity contribution < 1.29 is 14.0 Å². The topological polar surface area (TPSA) is 83.4 Å². The highest BCUT2D eigenvalue weighted by molar-refractivity contribution is 5.70. The Labute approximate surface area is 180 Å². The number of hydrogen-bond acceptors (Lipinski definition) is 6. The van der Waals surface area contributed by atoms with Crippen molar-refractivity contribution in [2.45, 2.75) is 13.5 Å². The van der Waals surface area contributed by atoms with Gasteiger partial charge in [0.15, 0.2) is 0 Å². The summed E-state index contributed by atoms with van der Waals surface area (Å²) in [5.41, 5.74) is 10.4. The van der Waals surface area contributed by atoms with Crippen LogP contribution in [0.4, 0.5) is 5.69 Å². The summed E-state index contributed by atoms with van der Waals surface area (Å²) in [4.78, 5) is 4.46. The van der Waals surface area contributed by atoms with Crippen molar-refractivity contribution in [3.8, 4) is 22.9 Å². The summed E-state index contributed by atoms with van der Waals surface area (Å²) in [6.07, 6.45) is 3.69. The lowest BCUT2D eigenvalue weighted by atomic mass is 10.1. The Morgan fingerprint density at radius 3 is 2.65 bits per heavy atom. The van der Waals surface area contributed by atoms with Crippen molar-refractivity contribution in [3.63, 3.8) is 0 Å². The fraction of sp³-hybridized carbons (Fsp3) is 0.120. The molecule has 0 saturated carbocycles. The predicted octanol–water partition coefficient (Wildman–Crippen LogP) is 5.39. The summed E-state index contributed by atoms with van der Waals surface area (Å²) in [6, 6.07) is 21.2. The first-order valence-electron chi connectivity index (χ1n) is 9.86. The molecule has 0 fully saturated rings. The number of benzene rings is 3. The van der Waals surface area contributed by atoms with Gasteiger partial charge in [-0.15, -0.1) is 0 Å². The molecule has 0 atom stereocenters. The molecular weight excluding hydrogens is 390 g/mol. The molecule has 6 heteroatoms. The monoisotopic (exact) mass is 413 g/mol. The molecule has 31 heavy (non-hydrogen) atoms. The molecule has 0 aliphatic heterocycles. The third kappa shape index (κ3) is 4.75. The lowest BCUT2D eigenvalue weighted by Gasteiger charge is -2.11. The van der Waals surface area contributed by atoms with Crippen molar-refractivity contribution in [2.75, 3.05) is 12.8 Å². The van der Waals surface area contributed by atoms with E-state index >= 15 is 0 Å². The molecule has 4 rings (SSSR count). The number of anilines is 1. The SMILES string of the molecule is COc1ccc(/C=C\c2nc(-c3cccc(N)c3C)no2)cc1COc1ccccc1. The number of ether oxygens (including phenoxy) is 2. The van der Waals surface area contributed by atoms with Gasteiger partial charge in [-0.3, -0.25) is 0 Å². The summed E-state index contributed by atoms with van der Waals surface area (Å²) in [6.45, 7) is 2.33. The Balaban J connectivity index is 1.51. The second-order valence-electron chi connectivity index (χ2n) is 6.98. The highest BCUT2D eigenvalue weighted by Crippen LogP contribution is 2.26. The van der Waals surface area contributed by atoms with Gasteiger partial charge in [-0.1, -0.05) is 41.6 Å². The molecule has 1 aromatic heterocycles. The third-order valence-corrected chi connectivity index (χ3v) is 4.92. The maximum Gasteiger partial charge on any atom is 0.250 e. The van der Waals surface area contributed by atoms with Crippen molar-refractivity contribution >= 4 is 17.8 Å². The van der Waals surface area contributed by atoms with Crippen molar-refractivity contribution in [1.29, 1.82) is 0 Å². The molecular formula is C25H23N3O3. The molecule has 0 bridgehead atoms. The molecule has 156 valence electrons. The largest absolute Gasteiger partial charge is 0.496 e. The van der Waals surface area contributed by atoms with Crippen molar-refractivity contribution in [2.24, 2.45) is 0 Å². The molecule has 0 amide bonds. The van der Waals surface area contributed by atoms with Gasteiger partial charge >= 0.3 is 0 Å². The number of nitrogen functional groups attached to an aromatic ring is 1. The van der Waals surface area contributed by atoms with E-state index in [1.165, 1.54) is 0 Å². The summed E-state index contributed by atoms with van der Waals surface area (Å²) >= 11 is 0. The van der Waals surface area contributed by atoms with E-state index < -0.39 is 0 Å². The van der Waals surface area contributed by atoms with E-state index in [0.717, 1.165) is 33.8 Å². The normalized spacial score (nSPS) is 11.0. The van der Waals surface area contributed by atoms with Gasteiger partial charge in [0.1, 0.15) is 18.1 Å². The van der Waals surface area contributed by atoms with Crippen LogP contribution in [-0.4, -0.2) is 17.3 Å². The molecule has 1 heterocycles. The van der Waals surface area contributed by atoms with Gasteiger partial charge in [-0.2, -0.15) is 4.98 Å². The summed E-state index contributed by atoms with van der Waals surface area (Å²) in [5.74, 6) is 2.50. The molecule has 0 aliphatic rings. The van der Waals surface area contributed by atoms with E-state index in [1.54, 1.807) is 13.2 Å². The number of nitrogens with two attached hydrogens (primary N) is 1. The number of rotatable bonds is 7. The van der Waals surface area contributed by atoms with Crippen LogP contribution < -0.4 is 15.2 Å². The molecule has 2 N–H and O–H groups in total. The fourth-order valence-electron chi connectivity index (χ4n) is 3.17. The van der Waals surface area contributed by atoms with Crippen LogP contribution in [0, 0.1) is 6.92 Å². The van der Waals surface area contributed by atoms with Crippen LogP contribution in [0.3, 0.4) is 0 Å². The molecule has 0 saturated heterocycles. The van der Waals surface area contributed by atoms with Gasteiger partial charge in [0.2, 0.25) is 5.82 Å². The average molecular weight is 413 g/mol. The van der Waals surface area contributed by atoms with E-state index in [4.69, 9.17) is 19.7 Å². The van der Waals surface area contributed by atoms with E-state index in [1.807, 2.05) is 79.7 Å². The lowest BCUT2D eigenvalue weighted by molar-refractivity contribution is 0.296. The molecule has 6 nitrogen and oxygen atoms in total. The minimum Gasteiger partial charge on any atom is -0.496 e. The molecule has 0 aliphatic carbocycles. The van der Waals surface area contributed by atoms with Gasteiger partial charge in [0.05, 0.1) is 7.11 Å². The average Bonchev–Trinajstić information content (AvgIpc) is 3.27.